The van der Waals surface area contributed by atoms with Gasteiger partial charge in [0.15, 0.2) is 0 Å². The Morgan fingerprint density at radius 1 is 0.706 bits per heavy atom. The number of amides is 1. The molecule has 0 fully saturated rings. The van der Waals surface area contributed by atoms with Gasteiger partial charge in [0.05, 0.1) is 16.8 Å². The molecule has 166 valence electrons. The summed E-state index contributed by atoms with van der Waals surface area (Å²) in [6.07, 6.45) is 0. The fourth-order valence-electron chi connectivity index (χ4n) is 4.13. The summed E-state index contributed by atoms with van der Waals surface area (Å²) < 4.78 is 0.975. The lowest BCUT2D eigenvalue weighted by Crippen LogP contribution is -2.30. The lowest BCUT2D eigenvalue weighted by atomic mass is 10.0. The highest BCUT2D eigenvalue weighted by molar-refractivity contribution is 9.10. The highest BCUT2D eigenvalue weighted by Gasteiger charge is 2.21. The molecule has 1 amide bonds. The number of nitrogens with zero attached hydrogens (tertiary/aromatic N) is 2. The number of hydrogen-bond donors (Lipinski definition) is 0. The van der Waals surface area contributed by atoms with Crippen molar-refractivity contribution in [1.29, 1.82) is 0 Å². The summed E-state index contributed by atoms with van der Waals surface area (Å²) in [4.78, 5) is 20.9. The zero-order valence-corrected chi connectivity index (χ0v) is 20.2. The van der Waals surface area contributed by atoms with Crippen molar-refractivity contribution in [1.82, 2.24) is 9.88 Å². The van der Waals surface area contributed by atoms with Gasteiger partial charge in [0.2, 0.25) is 0 Å². The van der Waals surface area contributed by atoms with Crippen molar-refractivity contribution in [2.24, 2.45) is 0 Å². The molecule has 1 heterocycles. The van der Waals surface area contributed by atoms with E-state index in [9.17, 15) is 4.79 Å². The molecule has 0 unspecified atom stereocenters. The fraction of sp³-hybridized carbons (Fsp3) is 0.0667. The molecule has 0 radical (unpaired) electrons. The summed E-state index contributed by atoms with van der Waals surface area (Å²) in [7, 11) is 0. The molecule has 0 N–H and O–H groups in total. The summed E-state index contributed by atoms with van der Waals surface area (Å²) in [6.45, 7) is 1.05. The summed E-state index contributed by atoms with van der Waals surface area (Å²) in [5, 5.41) is 0.859. The number of para-hydroxylation sites is 1. The van der Waals surface area contributed by atoms with Gasteiger partial charge in [-0.15, -0.1) is 0 Å². The van der Waals surface area contributed by atoms with Crippen molar-refractivity contribution in [2.45, 2.75) is 13.1 Å². The molecule has 0 aliphatic carbocycles. The molecule has 5 rings (SSSR count). The molecule has 1 aromatic heterocycles. The smallest absolute Gasteiger partial charge is 0.255 e. The van der Waals surface area contributed by atoms with Crippen LogP contribution in [0.1, 0.15) is 21.5 Å². The molecule has 0 atom stereocenters. The van der Waals surface area contributed by atoms with Gasteiger partial charge in [-0.05, 0) is 35.4 Å². The Morgan fingerprint density at radius 3 is 1.97 bits per heavy atom. The van der Waals surface area contributed by atoms with Gasteiger partial charge >= 0.3 is 0 Å². The third kappa shape index (κ3) is 4.92. The number of rotatable bonds is 6. The van der Waals surface area contributed by atoms with Crippen molar-refractivity contribution in [3.63, 3.8) is 0 Å². The Labute approximate surface area is 207 Å². The van der Waals surface area contributed by atoms with Crippen molar-refractivity contribution in [2.75, 3.05) is 0 Å². The van der Waals surface area contributed by atoms with E-state index in [1.165, 1.54) is 0 Å². The van der Waals surface area contributed by atoms with Gasteiger partial charge in [-0.25, -0.2) is 4.98 Å². The van der Waals surface area contributed by atoms with Crippen LogP contribution in [0.3, 0.4) is 0 Å². The van der Waals surface area contributed by atoms with Crippen LogP contribution < -0.4 is 0 Å². The zero-order valence-electron chi connectivity index (χ0n) is 18.6. The average molecular weight is 507 g/mol. The standard InChI is InChI=1S/C30H23BrN2O/c31-25-15-9-14-24(18-25)29-19-27(26-16-7-8-17-28(26)32-29)30(34)33(20-22-10-3-1-4-11-22)21-23-12-5-2-6-13-23/h1-19H,20-21H2. The van der Waals surface area contributed by atoms with Gasteiger partial charge in [-0.2, -0.15) is 0 Å². The van der Waals surface area contributed by atoms with Gasteiger partial charge in [0.25, 0.3) is 5.91 Å². The summed E-state index contributed by atoms with van der Waals surface area (Å²) in [5.74, 6) is -0.0115. The predicted octanol–water partition coefficient (Wildman–Crippen LogP) is 7.51. The Balaban J connectivity index is 1.60. The fourth-order valence-corrected chi connectivity index (χ4v) is 4.52. The minimum Gasteiger partial charge on any atom is -0.330 e. The van der Waals surface area contributed by atoms with Crippen molar-refractivity contribution in [3.05, 3.63) is 136 Å². The molecule has 34 heavy (non-hydrogen) atoms. The van der Waals surface area contributed by atoms with Crippen LogP contribution in [0.2, 0.25) is 0 Å². The first-order chi connectivity index (χ1) is 16.7. The van der Waals surface area contributed by atoms with E-state index in [4.69, 9.17) is 4.98 Å². The SMILES string of the molecule is O=C(c1cc(-c2cccc(Br)c2)nc2ccccc12)N(Cc1ccccc1)Cc1ccccc1. The van der Waals surface area contributed by atoms with E-state index in [1.807, 2.05) is 95.9 Å². The van der Waals surface area contributed by atoms with E-state index in [1.54, 1.807) is 0 Å². The largest absolute Gasteiger partial charge is 0.330 e. The van der Waals surface area contributed by atoms with Crippen molar-refractivity contribution >= 4 is 32.7 Å². The first-order valence-corrected chi connectivity index (χ1v) is 12.0. The summed E-state index contributed by atoms with van der Waals surface area (Å²) >= 11 is 3.55. The van der Waals surface area contributed by atoms with Crippen LogP contribution in [-0.4, -0.2) is 15.8 Å². The molecule has 0 aliphatic heterocycles. The van der Waals surface area contributed by atoms with E-state index < -0.39 is 0 Å². The molecule has 3 nitrogen and oxygen atoms in total. The molecule has 4 aromatic carbocycles. The number of benzene rings is 4. The van der Waals surface area contributed by atoms with Gasteiger partial charge in [-0.1, -0.05) is 107 Å². The number of carbonyl (C=O) groups excluding carboxylic acids is 1. The van der Waals surface area contributed by atoms with E-state index in [0.29, 0.717) is 18.7 Å². The zero-order chi connectivity index (χ0) is 23.3. The normalized spacial score (nSPS) is 10.9. The van der Waals surface area contributed by atoms with Crippen LogP contribution >= 0.6 is 15.9 Å². The first kappa shape index (κ1) is 22.1. The average Bonchev–Trinajstić information content (AvgIpc) is 2.88. The highest BCUT2D eigenvalue weighted by atomic mass is 79.9. The quantitative estimate of drug-likeness (QED) is 0.238. The summed E-state index contributed by atoms with van der Waals surface area (Å²) in [5.41, 5.74) is 5.40. The van der Waals surface area contributed by atoms with Gasteiger partial charge in [0, 0.05) is 28.5 Å². The van der Waals surface area contributed by atoms with E-state index in [-0.39, 0.29) is 5.91 Å². The Hall–Kier alpha value is -3.76. The van der Waals surface area contributed by atoms with E-state index in [2.05, 4.69) is 40.2 Å². The second-order valence-corrected chi connectivity index (χ2v) is 9.13. The Kier molecular flexibility index (Phi) is 6.50. The third-order valence-corrected chi connectivity index (χ3v) is 6.28. The molecule has 0 aliphatic rings. The lowest BCUT2D eigenvalue weighted by molar-refractivity contribution is 0.0732. The van der Waals surface area contributed by atoms with Crippen LogP contribution in [0.15, 0.2) is 120 Å². The molecule has 0 saturated carbocycles. The predicted molar refractivity (Wildman–Crippen MR) is 141 cm³/mol. The molecule has 0 saturated heterocycles. The van der Waals surface area contributed by atoms with E-state index >= 15 is 0 Å². The molecule has 0 spiro atoms. The number of pyridine rings is 1. The maximum Gasteiger partial charge on any atom is 0.255 e. The van der Waals surface area contributed by atoms with E-state index in [0.717, 1.165) is 37.8 Å². The first-order valence-electron chi connectivity index (χ1n) is 11.2. The minimum atomic E-state index is -0.0115. The Morgan fingerprint density at radius 2 is 1.32 bits per heavy atom. The van der Waals surface area contributed by atoms with Gasteiger partial charge in [0.1, 0.15) is 0 Å². The number of aromatic nitrogens is 1. The monoisotopic (exact) mass is 506 g/mol. The lowest BCUT2D eigenvalue weighted by Gasteiger charge is -2.24. The van der Waals surface area contributed by atoms with Crippen LogP contribution in [0.5, 0.6) is 0 Å². The second-order valence-electron chi connectivity index (χ2n) is 8.21. The highest BCUT2D eigenvalue weighted by Crippen LogP contribution is 2.28. The Bertz CT molecular complexity index is 1390. The number of carbonyl (C=O) groups is 1. The van der Waals surface area contributed by atoms with Gasteiger partial charge < -0.3 is 4.90 Å². The van der Waals surface area contributed by atoms with Crippen LogP contribution in [-0.2, 0) is 13.1 Å². The summed E-state index contributed by atoms with van der Waals surface area (Å²) in [6, 6.07) is 38.0. The minimum absolute atomic E-state index is 0.0115. The van der Waals surface area contributed by atoms with Gasteiger partial charge in [-0.3, -0.25) is 4.79 Å². The number of halogens is 1. The van der Waals surface area contributed by atoms with Crippen LogP contribution in [0, 0.1) is 0 Å². The molecular weight excluding hydrogens is 484 g/mol. The molecule has 5 aromatic rings. The second kappa shape index (κ2) is 10.0. The van der Waals surface area contributed by atoms with Crippen molar-refractivity contribution in [3.8, 4) is 11.3 Å². The van der Waals surface area contributed by atoms with Crippen molar-refractivity contribution < 1.29 is 4.79 Å². The molecular formula is C30H23BrN2O. The maximum absolute atomic E-state index is 14.1. The van der Waals surface area contributed by atoms with Crippen LogP contribution in [0.4, 0.5) is 0 Å². The molecule has 0 bridgehead atoms. The third-order valence-electron chi connectivity index (χ3n) is 5.79. The molecule has 4 heteroatoms. The number of fused-ring (bicyclic) bond motifs is 1. The van der Waals surface area contributed by atoms with Crippen LogP contribution in [0.25, 0.3) is 22.2 Å². The number of hydrogen-bond acceptors (Lipinski definition) is 2. The maximum atomic E-state index is 14.1. The topological polar surface area (TPSA) is 33.2 Å².